The van der Waals surface area contributed by atoms with E-state index in [1.54, 1.807) is 6.92 Å². The van der Waals surface area contributed by atoms with Crippen molar-refractivity contribution in [2.75, 3.05) is 57.7 Å². The number of carbonyl (C=O) groups is 3. The molecule has 2 fully saturated rings. The quantitative estimate of drug-likeness (QED) is 0.252. The molecular formula is C41H66N6O3. The molecule has 278 valence electrons. The van der Waals surface area contributed by atoms with Crippen LogP contribution in [0.1, 0.15) is 95.4 Å². The number of para-hydroxylation sites is 1. The lowest BCUT2D eigenvalue weighted by atomic mass is 9.99. The molecule has 50 heavy (non-hydrogen) atoms. The fourth-order valence-corrected chi connectivity index (χ4v) is 6.82. The Bertz CT molecular complexity index is 1320. The van der Waals surface area contributed by atoms with Gasteiger partial charge in [0, 0.05) is 70.5 Å². The number of amides is 4. The third kappa shape index (κ3) is 13.7. The number of urea groups is 1. The van der Waals surface area contributed by atoms with Gasteiger partial charge in [-0.15, -0.1) is 0 Å². The topological polar surface area (TPSA) is 88.2 Å². The first-order valence-electron chi connectivity index (χ1n) is 19.2. The van der Waals surface area contributed by atoms with Crippen LogP contribution in [0.5, 0.6) is 0 Å². The van der Waals surface area contributed by atoms with E-state index in [0.717, 1.165) is 102 Å². The van der Waals surface area contributed by atoms with Gasteiger partial charge in [0.05, 0.1) is 0 Å². The van der Waals surface area contributed by atoms with E-state index < -0.39 is 0 Å². The lowest BCUT2D eigenvalue weighted by molar-refractivity contribution is -0.130. The van der Waals surface area contributed by atoms with Crippen molar-refractivity contribution < 1.29 is 14.4 Å². The molecule has 2 saturated heterocycles. The summed E-state index contributed by atoms with van der Waals surface area (Å²) in [5, 5.41) is 6.57. The average molecular weight is 691 g/mol. The van der Waals surface area contributed by atoms with E-state index in [4.69, 9.17) is 0 Å². The molecule has 4 amide bonds. The molecule has 2 N–H and O–H groups in total. The van der Waals surface area contributed by atoms with E-state index >= 15 is 0 Å². The molecule has 2 aromatic carbocycles. The van der Waals surface area contributed by atoms with Gasteiger partial charge in [-0.1, -0.05) is 64.1 Å². The first-order chi connectivity index (χ1) is 24.0. The number of benzene rings is 2. The largest absolute Gasteiger partial charge is 0.345 e. The summed E-state index contributed by atoms with van der Waals surface area (Å²) in [7, 11) is 0. The zero-order valence-corrected chi connectivity index (χ0v) is 32.2. The average Bonchev–Trinajstić information content (AvgIpc) is 3.36. The van der Waals surface area contributed by atoms with Gasteiger partial charge in [0.15, 0.2) is 0 Å². The van der Waals surface area contributed by atoms with E-state index in [1.807, 2.05) is 39.0 Å². The molecule has 9 heteroatoms. The maximum atomic E-state index is 12.2. The molecule has 0 aliphatic carbocycles. The van der Waals surface area contributed by atoms with Crippen LogP contribution in [0.25, 0.3) is 0 Å². The number of piperidine rings is 1. The second-order valence-corrected chi connectivity index (χ2v) is 14.6. The second kappa shape index (κ2) is 21.7. The van der Waals surface area contributed by atoms with E-state index in [9.17, 15) is 14.4 Å². The number of carbonyl (C=O) groups excluding carboxylic acids is 3. The number of likely N-dealkylation sites (tertiary alicyclic amines) is 2. The molecule has 0 saturated carbocycles. The van der Waals surface area contributed by atoms with Crippen molar-refractivity contribution in [2.45, 2.75) is 112 Å². The minimum atomic E-state index is -0.0232. The Morgan fingerprint density at radius 2 is 1.70 bits per heavy atom. The maximum Gasteiger partial charge on any atom is 0.322 e. The lowest BCUT2D eigenvalue weighted by Gasteiger charge is -2.40. The highest BCUT2D eigenvalue weighted by Crippen LogP contribution is 2.27. The molecule has 3 aliphatic heterocycles. The number of nitrogens with zero attached hydrogens (tertiary/aromatic N) is 4. The Morgan fingerprint density at radius 3 is 2.34 bits per heavy atom. The number of hydrogen-bond donors (Lipinski definition) is 2. The van der Waals surface area contributed by atoms with Crippen LogP contribution in [-0.4, -0.2) is 102 Å². The number of nitrogens with one attached hydrogen (secondary N) is 2. The molecule has 0 radical (unpaired) electrons. The first-order valence-corrected chi connectivity index (χ1v) is 19.2. The summed E-state index contributed by atoms with van der Waals surface area (Å²) in [5.74, 6) is 0.929. The fourth-order valence-electron chi connectivity index (χ4n) is 6.82. The highest BCUT2D eigenvalue weighted by atomic mass is 16.2. The summed E-state index contributed by atoms with van der Waals surface area (Å²) in [6.45, 7) is 23.3. The zero-order chi connectivity index (χ0) is 36.5. The summed E-state index contributed by atoms with van der Waals surface area (Å²) < 4.78 is 0. The molecule has 1 atom stereocenters. The highest BCUT2D eigenvalue weighted by molar-refractivity contribution is 5.92. The molecular weight excluding hydrogens is 624 g/mol. The standard InChI is InChI=1S/C15H19N3O2.C13H27N3O.C13H20/c1-11(19)17-8-6-13(7-9-17)18-10-12-4-2-3-5-14(12)16-15(18)20;1-3-15(4-2)11-8-14-13-6-5-9-16(12-17)10-7-13;1-10(2)5-7-13-8-6-11(3)12(4)9-13/h2-5,13H,6-10H2,1H3,(H,16,20);12-14H,3-11H2,1-2H3;6,8-10H,5,7H2,1-4H3. The molecule has 0 spiro atoms. The van der Waals surface area contributed by atoms with Crippen molar-refractivity contribution in [1.82, 2.24) is 24.9 Å². The van der Waals surface area contributed by atoms with Crippen LogP contribution in [0.15, 0.2) is 42.5 Å². The number of fused-ring (bicyclic) bond motifs is 1. The first kappa shape index (κ1) is 41.0. The monoisotopic (exact) mass is 691 g/mol. The van der Waals surface area contributed by atoms with Crippen molar-refractivity contribution in [1.29, 1.82) is 0 Å². The molecule has 2 aromatic rings. The van der Waals surface area contributed by atoms with Crippen LogP contribution in [-0.2, 0) is 22.6 Å². The van der Waals surface area contributed by atoms with Crippen LogP contribution in [0.2, 0.25) is 0 Å². The third-order valence-corrected chi connectivity index (χ3v) is 10.5. The minimum absolute atomic E-state index is 0.0232. The van der Waals surface area contributed by atoms with Gasteiger partial charge in [-0.2, -0.15) is 0 Å². The summed E-state index contributed by atoms with van der Waals surface area (Å²) >= 11 is 0. The fraction of sp³-hybridized carbons (Fsp3) is 0.634. The zero-order valence-electron chi connectivity index (χ0n) is 32.2. The Labute approximate surface area is 303 Å². The van der Waals surface area contributed by atoms with Crippen molar-refractivity contribution in [3.8, 4) is 0 Å². The Morgan fingerprint density at radius 1 is 0.980 bits per heavy atom. The molecule has 9 nitrogen and oxygen atoms in total. The smallest absolute Gasteiger partial charge is 0.322 e. The normalized spacial score (nSPS) is 18.0. The highest BCUT2D eigenvalue weighted by Gasteiger charge is 2.31. The number of anilines is 1. The molecule has 1 unspecified atom stereocenters. The SMILES string of the molecule is CC(=O)N1CCC(N2Cc3ccccc3NC2=O)CC1.CCN(CC)CCNC1CCCN(C=O)CC1.Cc1ccc(CCC(C)C)cc1C. The summed E-state index contributed by atoms with van der Waals surface area (Å²) in [4.78, 5) is 42.3. The Hall–Kier alpha value is -3.43. The van der Waals surface area contributed by atoms with Crippen molar-refractivity contribution in [3.63, 3.8) is 0 Å². The molecule has 0 bridgehead atoms. The van der Waals surface area contributed by atoms with Crippen LogP contribution < -0.4 is 10.6 Å². The number of hydrogen-bond acceptors (Lipinski definition) is 5. The van der Waals surface area contributed by atoms with Gasteiger partial charge in [0.2, 0.25) is 12.3 Å². The van der Waals surface area contributed by atoms with E-state index in [-0.39, 0.29) is 18.0 Å². The van der Waals surface area contributed by atoms with E-state index in [2.05, 4.69) is 75.3 Å². The van der Waals surface area contributed by atoms with E-state index in [0.29, 0.717) is 12.6 Å². The van der Waals surface area contributed by atoms with Crippen LogP contribution in [0.3, 0.4) is 0 Å². The predicted molar refractivity (Wildman–Crippen MR) is 206 cm³/mol. The predicted octanol–water partition coefficient (Wildman–Crippen LogP) is 6.87. The van der Waals surface area contributed by atoms with E-state index in [1.165, 1.54) is 36.0 Å². The lowest BCUT2D eigenvalue weighted by Crippen LogP contribution is -2.50. The minimum Gasteiger partial charge on any atom is -0.345 e. The number of rotatable bonds is 11. The van der Waals surface area contributed by atoms with Crippen molar-refractivity contribution in [2.24, 2.45) is 5.92 Å². The third-order valence-electron chi connectivity index (χ3n) is 10.5. The Kier molecular flexibility index (Phi) is 17.8. The maximum absolute atomic E-state index is 12.2. The molecule has 3 aliphatic rings. The van der Waals surface area contributed by atoms with Gasteiger partial charge < -0.3 is 30.2 Å². The van der Waals surface area contributed by atoms with Gasteiger partial charge >= 0.3 is 6.03 Å². The van der Waals surface area contributed by atoms with Gasteiger partial charge in [0.25, 0.3) is 0 Å². The van der Waals surface area contributed by atoms with Crippen molar-refractivity contribution in [3.05, 3.63) is 64.7 Å². The van der Waals surface area contributed by atoms with Crippen LogP contribution in [0.4, 0.5) is 10.5 Å². The van der Waals surface area contributed by atoms with Crippen LogP contribution in [0, 0.1) is 19.8 Å². The molecule has 5 rings (SSSR count). The summed E-state index contributed by atoms with van der Waals surface area (Å²) in [6.07, 6.45) is 8.63. The van der Waals surface area contributed by atoms with Crippen molar-refractivity contribution >= 4 is 24.0 Å². The van der Waals surface area contributed by atoms with Gasteiger partial charge in [-0.05, 0) is 106 Å². The van der Waals surface area contributed by atoms with Gasteiger partial charge in [0.1, 0.15) is 0 Å². The molecule has 3 heterocycles. The van der Waals surface area contributed by atoms with Gasteiger partial charge in [-0.3, -0.25) is 9.59 Å². The van der Waals surface area contributed by atoms with Gasteiger partial charge in [-0.25, -0.2) is 4.79 Å². The number of aryl methyl sites for hydroxylation is 3. The summed E-state index contributed by atoms with van der Waals surface area (Å²) in [5.41, 5.74) is 6.36. The Balaban J connectivity index is 0.000000208. The molecule has 0 aromatic heterocycles. The summed E-state index contributed by atoms with van der Waals surface area (Å²) in [6, 6.07) is 15.5. The number of likely N-dealkylation sites (N-methyl/N-ethyl adjacent to an activating group) is 1. The second-order valence-electron chi connectivity index (χ2n) is 14.6. The van der Waals surface area contributed by atoms with Crippen LogP contribution >= 0.6 is 0 Å².